The summed E-state index contributed by atoms with van der Waals surface area (Å²) in [4.78, 5) is 2.55. The average molecular weight is 228 g/mol. The third-order valence-electron chi connectivity index (χ3n) is 3.69. The molecule has 0 rings (SSSR count). The second-order valence-electron chi connectivity index (χ2n) is 5.96. The number of likely N-dealkylation sites (N-methyl/N-ethyl adjacent to an activating group) is 2. The zero-order chi connectivity index (χ0) is 12.8. The van der Waals surface area contributed by atoms with Gasteiger partial charge in [-0.2, -0.15) is 0 Å². The molecule has 2 heteroatoms. The molecule has 2 unspecified atom stereocenters. The minimum Gasteiger partial charge on any atom is -0.315 e. The SMILES string of the molecule is CCCC(CNCC)N(C)C(C)C(C)(C)C. The normalized spacial score (nSPS) is 16.5. The second-order valence-corrected chi connectivity index (χ2v) is 5.96. The number of rotatable bonds is 7. The van der Waals surface area contributed by atoms with Gasteiger partial charge >= 0.3 is 0 Å². The van der Waals surface area contributed by atoms with Crippen molar-refractivity contribution >= 4 is 0 Å². The maximum absolute atomic E-state index is 3.48. The first-order valence-corrected chi connectivity index (χ1v) is 6.77. The van der Waals surface area contributed by atoms with Gasteiger partial charge in [-0.1, -0.05) is 41.0 Å². The Morgan fingerprint density at radius 3 is 2.12 bits per heavy atom. The lowest BCUT2D eigenvalue weighted by Gasteiger charge is -2.40. The van der Waals surface area contributed by atoms with Gasteiger partial charge in [0.05, 0.1) is 0 Å². The summed E-state index contributed by atoms with van der Waals surface area (Å²) in [5.74, 6) is 0. The molecule has 0 radical (unpaired) electrons. The highest BCUT2D eigenvalue weighted by Crippen LogP contribution is 2.25. The number of hydrogen-bond acceptors (Lipinski definition) is 2. The van der Waals surface area contributed by atoms with Crippen LogP contribution in [0.25, 0.3) is 0 Å². The molecule has 0 aliphatic carbocycles. The molecular weight excluding hydrogens is 196 g/mol. The molecule has 2 atom stereocenters. The number of hydrogen-bond donors (Lipinski definition) is 1. The number of nitrogens with one attached hydrogen (secondary N) is 1. The van der Waals surface area contributed by atoms with Crippen LogP contribution in [0.5, 0.6) is 0 Å². The van der Waals surface area contributed by atoms with Crippen LogP contribution in [0.1, 0.15) is 54.4 Å². The van der Waals surface area contributed by atoms with Gasteiger partial charge in [-0.15, -0.1) is 0 Å². The fourth-order valence-electron chi connectivity index (χ4n) is 2.02. The smallest absolute Gasteiger partial charge is 0.0220 e. The molecular formula is C14H32N2. The van der Waals surface area contributed by atoms with E-state index in [0.29, 0.717) is 17.5 Å². The van der Waals surface area contributed by atoms with Gasteiger partial charge in [0.2, 0.25) is 0 Å². The highest BCUT2D eigenvalue weighted by atomic mass is 15.2. The monoisotopic (exact) mass is 228 g/mol. The largest absolute Gasteiger partial charge is 0.315 e. The van der Waals surface area contributed by atoms with Crippen LogP contribution in [0.15, 0.2) is 0 Å². The van der Waals surface area contributed by atoms with Crippen LogP contribution in [-0.2, 0) is 0 Å². The van der Waals surface area contributed by atoms with Crippen LogP contribution in [0.2, 0.25) is 0 Å². The van der Waals surface area contributed by atoms with E-state index in [9.17, 15) is 0 Å². The fourth-order valence-corrected chi connectivity index (χ4v) is 2.02. The molecule has 16 heavy (non-hydrogen) atoms. The fraction of sp³-hybridized carbons (Fsp3) is 1.00. The van der Waals surface area contributed by atoms with Crippen molar-refractivity contribution in [1.29, 1.82) is 0 Å². The van der Waals surface area contributed by atoms with E-state index in [4.69, 9.17) is 0 Å². The molecule has 2 nitrogen and oxygen atoms in total. The van der Waals surface area contributed by atoms with E-state index in [2.05, 4.69) is 58.8 Å². The highest BCUT2D eigenvalue weighted by Gasteiger charge is 2.27. The summed E-state index contributed by atoms with van der Waals surface area (Å²) >= 11 is 0. The van der Waals surface area contributed by atoms with Crippen molar-refractivity contribution in [3.63, 3.8) is 0 Å². The van der Waals surface area contributed by atoms with Gasteiger partial charge in [0.15, 0.2) is 0 Å². The zero-order valence-electron chi connectivity index (χ0n) is 12.4. The lowest BCUT2D eigenvalue weighted by molar-refractivity contribution is 0.0917. The van der Waals surface area contributed by atoms with Crippen LogP contribution in [0.4, 0.5) is 0 Å². The van der Waals surface area contributed by atoms with Gasteiger partial charge < -0.3 is 5.32 Å². The Kier molecular flexibility index (Phi) is 7.25. The molecule has 1 N–H and O–H groups in total. The maximum Gasteiger partial charge on any atom is 0.0220 e. The van der Waals surface area contributed by atoms with Gasteiger partial charge in [-0.25, -0.2) is 0 Å². The molecule has 0 saturated heterocycles. The summed E-state index contributed by atoms with van der Waals surface area (Å²) in [6.45, 7) is 15.9. The van der Waals surface area contributed by atoms with Crippen LogP contribution in [0.3, 0.4) is 0 Å². The molecule has 0 aliphatic rings. The van der Waals surface area contributed by atoms with Gasteiger partial charge in [0.1, 0.15) is 0 Å². The molecule has 0 spiro atoms. The standard InChI is InChI=1S/C14H32N2/c1-8-10-13(11-15-9-2)16(7)12(3)14(4,5)6/h12-13,15H,8-11H2,1-7H3. The van der Waals surface area contributed by atoms with Crippen molar-refractivity contribution in [3.8, 4) is 0 Å². The van der Waals surface area contributed by atoms with Gasteiger partial charge in [0.25, 0.3) is 0 Å². The molecule has 0 aromatic heterocycles. The minimum atomic E-state index is 0.354. The van der Waals surface area contributed by atoms with E-state index in [1.807, 2.05) is 0 Å². The number of nitrogens with zero attached hydrogens (tertiary/aromatic N) is 1. The van der Waals surface area contributed by atoms with Crippen molar-refractivity contribution in [3.05, 3.63) is 0 Å². The van der Waals surface area contributed by atoms with Crippen LogP contribution < -0.4 is 5.32 Å². The van der Waals surface area contributed by atoms with Gasteiger partial charge in [0, 0.05) is 18.6 Å². The summed E-state index contributed by atoms with van der Waals surface area (Å²) in [6, 6.07) is 1.28. The van der Waals surface area contributed by atoms with E-state index in [1.165, 1.54) is 12.8 Å². The average Bonchev–Trinajstić information content (AvgIpc) is 2.20. The third-order valence-corrected chi connectivity index (χ3v) is 3.69. The summed E-state index contributed by atoms with van der Waals surface area (Å²) in [5.41, 5.74) is 0.354. The first kappa shape index (κ1) is 15.9. The van der Waals surface area contributed by atoms with Crippen molar-refractivity contribution in [1.82, 2.24) is 10.2 Å². The zero-order valence-corrected chi connectivity index (χ0v) is 12.4. The Balaban J connectivity index is 4.40. The Morgan fingerprint density at radius 1 is 1.19 bits per heavy atom. The van der Waals surface area contributed by atoms with Crippen molar-refractivity contribution in [2.45, 2.75) is 66.5 Å². The summed E-state index contributed by atoms with van der Waals surface area (Å²) in [7, 11) is 2.27. The lowest BCUT2D eigenvalue weighted by Crippen LogP contribution is -2.49. The first-order valence-electron chi connectivity index (χ1n) is 6.77. The predicted molar refractivity (Wildman–Crippen MR) is 73.9 cm³/mol. The summed E-state index contributed by atoms with van der Waals surface area (Å²) in [5, 5.41) is 3.48. The molecule has 0 heterocycles. The molecule has 0 fully saturated rings. The lowest BCUT2D eigenvalue weighted by atomic mass is 9.86. The van der Waals surface area contributed by atoms with Crippen molar-refractivity contribution in [2.24, 2.45) is 5.41 Å². The van der Waals surface area contributed by atoms with Crippen molar-refractivity contribution < 1.29 is 0 Å². The molecule has 0 amide bonds. The minimum absolute atomic E-state index is 0.354. The molecule has 0 aromatic carbocycles. The maximum atomic E-state index is 3.48. The molecule has 0 aromatic rings. The topological polar surface area (TPSA) is 15.3 Å². The first-order chi connectivity index (χ1) is 7.34. The molecule has 98 valence electrons. The van der Waals surface area contributed by atoms with Gasteiger partial charge in [-0.3, -0.25) is 4.90 Å². The molecule has 0 aliphatic heterocycles. The van der Waals surface area contributed by atoms with E-state index in [1.54, 1.807) is 0 Å². The van der Waals surface area contributed by atoms with Crippen molar-refractivity contribution in [2.75, 3.05) is 20.1 Å². The summed E-state index contributed by atoms with van der Waals surface area (Å²) < 4.78 is 0. The molecule has 0 bridgehead atoms. The summed E-state index contributed by atoms with van der Waals surface area (Å²) in [6.07, 6.45) is 2.54. The Hall–Kier alpha value is -0.0800. The Morgan fingerprint density at radius 2 is 1.75 bits per heavy atom. The third kappa shape index (κ3) is 5.31. The Bertz CT molecular complexity index is 172. The molecule has 0 saturated carbocycles. The predicted octanol–water partition coefficient (Wildman–Crippen LogP) is 3.13. The van der Waals surface area contributed by atoms with Gasteiger partial charge in [-0.05, 0) is 32.4 Å². The highest BCUT2D eigenvalue weighted by molar-refractivity contribution is 4.82. The van der Waals surface area contributed by atoms with Crippen LogP contribution >= 0.6 is 0 Å². The van der Waals surface area contributed by atoms with E-state index >= 15 is 0 Å². The Labute approximate surface area is 103 Å². The van der Waals surface area contributed by atoms with E-state index in [-0.39, 0.29) is 0 Å². The van der Waals surface area contributed by atoms with Crippen LogP contribution in [0, 0.1) is 5.41 Å². The second kappa shape index (κ2) is 7.29. The quantitative estimate of drug-likeness (QED) is 0.720. The van der Waals surface area contributed by atoms with E-state index in [0.717, 1.165) is 13.1 Å². The van der Waals surface area contributed by atoms with Crippen LogP contribution in [-0.4, -0.2) is 37.1 Å². The van der Waals surface area contributed by atoms with E-state index < -0.39 is 0 Å².